The largest absolute Gasteiger partial charge is 0.100 e. The third-order valence-electron chi connectivity index (χ3n) is 8.40. The summed E-state index contributed by atoms with van der Waals surface area (Å²) >= 11 is 0. The van der Waals surface area contributed by atoms with Crippen molar-refractivity contribution in [2.75, 3.05) is 0 Å². The van der Waals surface area contributed by atoms with Crippen molar-refractivity contribution in [3.8, 4) is 0 Å². The van der Waals surface area contributed by atoms with Crippen molar-refractivity contribution in [1.29, 1.82) is 0 Å². The fourth-order valence-corrected chi connectivity index (χ4v) is 7.19. The molecule has 0 aliphatic heterocycles. The van der Waals surface area contributed by atoms with E-state index in [1.165, 1.54) is 80.9 Å². The van der Waals surface area contributed by atoms with Crippen molar-refractivity contribution in [2.45, 2.75) is 98.8 Å². The molecule has 0 heterocycles. The van der Waals surface area contributed by atoms with Crippen LogP contribution in [0.4, 0.5) is 0 Å². The molecule has 0 heteroatoms. The van der Waals surface area contributed by atoms with Gasteiger partial charge in [0.2, 0.25) is 0 Å². The highest BCUT2D eigenvalue weighted by molar-refractivity contribution is 5.28. The van der Waals surface area contributed by atoms with E-state index >= 15 is 0 Å². The van der Waals surface area contributed by atoms with Gasteiger partial charge < -0.3 is 0 Å². The van der Waals surface area contributed by atoms with Gasteiger partial charge in [0, 0.05) is 5.41 Å². The third-order valence-corrected chi connectivity index (χ3v) is 8.40. The van der Waals surface area contributed by atoms with Gasteiger partial charge in [0.1, 0.15) is 0 Å². The van der Waals surface area contributed by atoms with Crippen LogP contribution in [0.1, 0.15) is 98.8 Å². The van der Waals surface area contributed by atoms with Crippen LogP contribution >= 0.6 is 0 Å². The van der Waals surface area contributed by atoms with Gasteiger partial charge in [-0.25, -0.2) is 0 Å². The Morgan fingerprint density at radius 2 is 1.46 bits per heavy atom. The zero-order valence-corrected chi connectivity index (χ0v) is 18.4. The van der Waals surface area contributed by atoms with E-state index < -0.39 is 0 Å². The molecule has 2 rings (SSSR count). The van der Waals surface area contributed by atoms with E-state index in [4.69, 9.17) is 0 Å². The molecule has 2 aliphatic rings. The second kappa shape index (κ2) is 8.49. The predicted molar refractivity (Wildman–Crippen MR) is 117 cm³/mol. The molecule has 0 aromatic carbocycles. The number of hydrogen-bond acceptors (Lipinski definition) is 0. The lowest BCUT2D eigenvalue weighted by Crippen LogP contribution is -2.50. The molecule has 2 saturated carbocycles. The van der Waals surface area contributed by atoms with Crippen molar-refractivity contribution in [2.24, 2.45) is 28.6 Å². The average Bonchev–Trinajstić information content (AvgIpc) is 2.60. The summed E-state index contributed by atoms with van der Waals surface area (Å²) in [5.41, 5.74) is 4.75. The van der Waals surface area contributed by atoms with Crippen LogP contribution in [0.15, 0.2) is 36.5 Å². The van der Waals surface area contributed by atoms with Gasteiger partial charge in [0.25, 0.3) is 0 Å². The van der Waals surface area contributed by atoms with E-state index in [9.17, 15) is 0 Å². The van der Waals surface area contributed by atoms with E-state index in [-0.39, 0.29) is 5.41 Å². The summed E-state index contributed by atoms with van der Waals surface area (Å²) in [6.45, 7) is 24.9. The van der Waals surface area contributed by atoms with Gasteiger partial charge in [-0.15, -0.1) is 6.58 Å². The Balaban J connectivity index is 2.50. The van der Waals surface area contributed by atoms with E-state index in [1.54, 1.807) is 0 Å². The lowest BCUT2D eigenvalue weighted by atomic mass is 9.46. The normalized spacial score (nSPS) is 30.6. The first-order valence-electron chi connectivity index (χ1n) is 11.2. The van der Waals surface area contributed by atoms with Crippen LogP contribution in [-0.2, 0) is 0 Å². The molecule has 3 unspecified atom stereocenters. The summed E-state index contributed by atoms with van der Waals surface area (Å²) in [5.74, 6) is 2.25. The summed E-state index contributed by atoms with van der Waals surface area (Å²) in [6, 6.07) is 0. The van der Waals surface area contributed by atoms with Gasteiger partial charge in [0.15, 0.2) is 0 Å². The first-order chi connectivity index (χ1) is 12.2. The molecule has 0 N–H and O–H groups in total. The molecule has 0 radical (unpaired) electrons. The summed E-state index contributed by atoms with van der Waals surface area (Å²) in [5, 5.41) is 0. The number of allylic oxidation sites excluding steroid dienone is 3. The van der Waals surface area contributed by atoms with Crippen molar-refractivity contribution in [3.05, 3.63) is 36.5 Å². The lowest BCUT2D eigenvalue weighted by Gasteiger charge is -2.58. The zero-order chi connectivity index (χ0) is 19.5. The molecule has 26 heavy (non-hydrogen) atoms. The molecular formula is C26H44. The molecule has 0 aromatic rings. The summed E-state index contributed by atoms with van der Waals surface area (Å²) < 4.78 is 0. The van der Waals surface area contributed by atoms with Gasteiger partial charge in [-0.1, -0.05) is 75.8 Å². The van der Waals surface area contributed by atoms with E-state index in [0.717, 1.165) is 11.8 Å². The monoisotopic (exact) mass is 356 g/mol. The smallest absolute Gasteiger partial charge is 0.0141 e. The quantitative estimate of drug-likeness (QED) is 0.401. The van der Waals surface area contributed by atoms with E-state index in [0.29, 0.717) is 11.3 Å². The standard InChI is InChI=1S/C26H44/c1-9-23-22(18-19(3)4)24(25(10-2)15-12-11-13-16-25)14-17-26(23,20(5)6)21(7)8/h22-24H,3,5,7,9-18H2,1-2,4,6,8H3. The molecule has 0 spiro atoms. The van der Waals surface area contributed by atoms with Crippen LogP contribution in [0.25, 0.3) is 0 Å². The number of hydrogen-bond donors (Lipinski definition) is 0. The predicted octanol–water partition coefficient (Wildman–Crippen LogP) is 8.50. The molecule has 0 saturated heterocycles. The van der Waals surface area contributed by atoms with Crippen molar-refractivity contribution >= 4 is 0 Å². The molecule has 2 fully saturated rings. The van der Waals surface area contributed by atoms with Gasteiger partial charge in [-0.3, -0.25) is 0 Å². The fourth-order valence-electron chi connectivity index (χ4n) is 7.19. The van der Waals surface area contributed by atoms with Crippen LogP contribution in [-0.4, -0.2) is 0 Å². The molecular weight excluding hydrogens is 312 g/mol. The molecule has 3 atom stereocenters. The maximum atomic E-state index is 4.48. The second-order valence-corrected chi connectivity index (χ2v) is 9.79. The molecule has 148 valence electrons. The van der Waals surface area contributed by atoms with Gasteiger partial charge in [-0.2, -0.15) is 0 Å². The minimum Gasteiger partial charge on any atom is -0.100 e. The van der Waals surface area contributed by atoms with Crippen LogP contribution in [0, 0.1) is 28.6 Å². The summed E-state index contributed by atoms with van der Waals surface area (Å²) in [7, 11) is 0. The fraction of sp³-hybridized carbons (Fsp3) is 0.769. The zero-order valence-electron chi connectivity index (χ0n) is 18.4. The minimum atomic E-state index is 0.134. The Labute approximate surface area is 164 Å². The molecule has 0 bridgehead atoms. The maximum absolute atomic E-state index is 4.48. The molecule has 0 nitrogen and oxygen atoms in total. The SMILES string of the molecule is C=C(C)CC1C(C2(CC)CCCCC2)CCC(C(=C)C)(C(=C)C)C1CC. The lowest BCUT2D eigenvalue weighted by molar-refractivity contribution is -0.0441. The van der Waals surface area contributed by atoms with Gasteiger partial charge >= 0.3 is 0 Å². The Hall–Kier alpha value is -0.780. The first kappa shape index (κ1) is 21.5. The van der Waals surface area contributed by atoms with Crippen molar-refractivity contribution in [1.82, 2.24) is 0 Å². The Morgan fingerprint density at radius 3 is 1.88 bits per heavy atom. The summed E-state index contributed by atoms with van der Waals surface area (Å²) in [6.07, 6.45) is 13.6. The van der Waals surface area contributed by atoms with E-state index in [2.05, 4.69) is 54.4 Å². The Morgan fingerprint density at radius 1 is 0.885 bits per heavy atom. The Kier molecular flexibility index (Phi) is 7.03. The van der Waals surface area contributed by atoms with Crippen molar-refractivity contribution in [3.63, 3.8) is 0 Å². The van der Waals surface area contributed by atoms with Gasteiger partial charge in [-0.05, 0) is 76.0 Å². The topological polar surface area (TPSA) is 0 Å². The highest BCUT2D eigenvalue weighted by Crippen LogP contribution is 2.62. The highest BCUT2D eigenvalue weighted by Gasteiger charge is 2.53. The maximum Gasteiger partial charge on any atom is 0.0141 e. The first-order valence-corrected chi connectivity index (χ1v) is 11.2. The van der Waals surface area contributed by atoms with Crippen LogP contribution in [0.2, 0.25) is 0 Å². The third kappa shape index (κ3) is 3.63. The van der Waals surface area contributed by atoms with Crippen LogP contribution in [0.3, 0.4) is 0 Å². The second-order valence-electron chi connectivity index (χ2n) is 9.79. The minimum absolute atomic E-state index is 0.134. The molecule has 2 aliphatic carbocycles. The molecule has 0 aromatic heterocycles. The Bertz CT molecular complexity index is 514. The number of rotatable bonds is 7. The molecule has 0 amide bonds. The van der Waals surface area contributed by atoms with Gasteiger partial charge in [0.05, 0.1) is 0 Å². The van der Waals surface area contributed by atoms with Crippen molar-refractivity contribution < 1.29 is 0 Å². The average molecular weight is 357 g/mol. The van der Waals surface area contributed by atoms with E-state index in [1.807, 2.05) is 0 Å². The van der Waals surface area contributed by atoms with Crippen LogP contribution in [0.5, 0.6) is 0 Å². The highest BCUT2D eigenvalue weighted by atomic mass is 14.6. The summed E-state index contributed by atoms with van der Waals surface area (Å²) in [4.78, 5) is 0. The van der Waals surface area contributed by atoms with Crippen LogP contribution < -0.4 is 0 Å².